The van der Waals surface area contributed by atoms with Gasteiger partial charge in [0.15, 0.2) is 0 Å². The summed E-state index contributed by atoms with van der Waals surface area (Å²) >= 11 is 1.33. The second-order valence-electron chi connectivity index (χ2n) is 11.9. The van der Waals surface area contributed by atoms with Crippen molar-refractivity contribution in [2.24, 2.45) is 7.05 Å². The Labute approximate surface area is 288 Å². The number of carbonyl (C=O) groups excluding carboxylic acids is 2. The average molecular weight is 698 g/mol. The van der Waals surface area contributed by atoms with E-state index in [1.54, 1.807) is 18.2 Å². The first kappa shape index (κ1) is 32.9. The molecule has 2 amide bonds. The van der Waals surface area contributed by atoms with Crippen LogP contribution in [0.2, 0.25) is 0 Å². The smallest absolute Gasteiger partial charge is 0.416 e. The van der Waals surface area contributed by atoms with Gasteiger partial charge in [-0.05, 0) is 65.6 Å². The predicted octanol–water partition coefficient (Wildman–Crippen LogP) is 7.11. The van der Waals surface area contributed by atoms with Crippen LogP contribution in [0.5, 0.6) is 11.6 Å². The van der Waals surface area contributed by atoms with Crippen molar-refractivity contribution in [3.05, 3.63) is 119 Å². The van der Waals surface area contributed by atoms with Gasteiger partial charge in [0.25, 0.3) is 11.8 Å². The summed E-state index contributed by atoms with van der Waals surface area (Å²) in [6, 6.07) is 22.9. The monoisotopic (exact) mass is 697 g/mol. The molecule has 1 fully saturated rings. The van der Waals surface area contributed by atoms with Crippen LogP contribution in [0.1, 0.15) is 32.0 Å². The Bertz CT molecular complexity index is 2130. The molecule has 50 heavy (non-hydrogen) atoms. The van der Waals surface area contributed by atoms with Gasteiger partial charge in [0.05, 0.1) is 23.0 Å². The fourth-order valence-electron chi connectivity index (χ4n) is 5.83. The second-order valence-corrected chi connectivity index (χ2v) is 12.5. The third-order valence-corrected chi connectivity index (χ3v) is 9.11. The Morgan fingerprint density at radius 1 is 0.920 bits per heavy atom. The second kappa shape index (κ2) is 13.7. The maximum Gasteiger partial charge on any atom is 0.416 e. The lowest BCUT2D eigenvalue weighted by atomic mass is 10.1. The first-order chi connectivity index (χ1) is 24.1. The lowest BCUT2D eigenvalue weighted by molar-refractivity contribution is -0.137. The Morgan fingerprint density at radius 2 is 1.68 bits per heavy atom. The van der Waals surface area contributed by atoms with Gasteiger partial charge in [0.2, 0.25) is 5.88 Å². The van der Waals surface area contributed by atoms with Gasteiger partial charge in [-0.15, -0.1) is 5.10 Å². The molecular weight excluding hydrogens is 668 g/mol. The normalized spacial score (nSPS) is 13.8. The van der Waals surface area contributed by atoms with Crippen molar-refractivity contribution >= 4 is 39.9 Å². The Balaban J connectivity index is 0.941. The zero-order valence-corrected chi connectivity index (χ0v) is 27.5. The fourth-order valence-corrected chi connectivity index (χ4v) is 6.29. The number of hydrogen-bond acceptors (Lipinski definition) is 8. The summed E-state index contributed by atoms with van der Waals surface area (Å²) in [4.78, 5) is 34.6. The number of halogens is 3. The van der Waals surface area contributed by atoms with Crippen LogP contribution < -0.4 is 10.1 Å². The first-order valence-electron chi connectivity index (χ1n) is 15.7. The topological polar surface area (TPSA) is 105 Å². The minimum atomic E-state index is -4.48. The third-order valence-electron chi connectivity index (χ3n) is 8.60. The van der Waals surface area contributed by atoms with Crippen LogP contribution in [0.3, 0.4) is 0 Å². The molecule has 1 aliphatic heterocycles. The number of carbonyl (C=O) groups is 2. The van der Waals surface area contributed by atoms with E-state index in [0.717, 1.165) is 66.1 Å². The molecule has 0 spiro atoms. The highest BCUT2D eigenvalue weighted by Crippen LogP contribution is 2.30. The summed E-state index contributed by atoms with van der Waals surface area (Å²) < 4.78 is 50.2. The van der Waals surface area contributed by atoms with Crippen molar-refractivity contribution in [2.45, 2.75) is 12.7 Å². The first-order valence-corrected chi connectivity index (χ1v) is 16.5. The molecule has 0 aliphatic carbocycles. The van der Waals surface area contributed by atoms with E-state index >= 15 is 0 Å². The van der Waals surface area contributed by atoms with Gasteiger partial charge in [-0.1, -0.05) is 28.8 Å². The quantitative estimate of drug-likeness (QED) is 0.181. The van der Waals surface area contributed by atoms with Crippen molar-refractivity contribution in [2.75, 3.05) is 31.5 Å². The molecule has 0 saturated carbocycles. The molecule has 0 atom stereocenters. The maximum absolute atomic E-state index is 13.6. The number of aromatic nitrogens is 4. The molecule has 1 N–H and O–H groups in total. The number of benzene rings is 3. The number of piperazine rings is 1. The number of pyridine rings is 1. The van der Waals surface area contributed by atoms with Crippen LogP contribution in [0.25, 0.3) is 22.2 Å². The molecule has 1 aliphatic rings. The highest BCUT2D eigenvalue weighted by Gasteiger charge is 2.30. The van der Waals surface area contributed by atoms with Crippen molar-refractivity contribution in [1.82, 2.24) is 28.9 Å². The summed E-state index contributed by atoms with van der Waals surface area (Å²) in [5.74, 6) is 0.190. The minimum absolute atomic E-state index is 0.0253. The molecule has 3 aromatic carbocycles. The van der Waals surface area contributed by atoms with Crippen LogP contribution in [0.4, 0.5) is 18.9 Å². The van der Waals surface area contributed by atoms with Crippen molar-refractivity contribution in [1.29, 1.82) is 0 Å². The van der Waals surface area contributed by atoms with E-state index in [-0.39, 0.29) is 17.4 Å². The number of nitrogens with zero attached hydrogens (tertiary/aromatic N) is 6. The van der Waals surface area contributed by atoms with E-state index in [1.165, 1.54) is 23.3 Å². The van der Waals surface area contributed by atoms with E-state index in [0.29, 0.717) is 30.2 Å². The van der Waals surface area contributed by atoms with Gasteiger partial charge in [-0.2, -0.15) is 13.2 Å². The van der Waals surface area contributed by atoms with Crippen molar-refractivity contribution < 1.29 is 27.5 Å². The number of ether oxygens (including phenoxy) is 1. The fraction of sp³-hybridized carbons (Fsp3) is 0.194. The largest absolute Gasteiger partial charge is 0.439 e. The molecule has 0 radical (unpaired) electrons. The lowest BCUT2D eigenvalue weighted by Gasteiger charge is -2.34. The van der Waals surface area contributed by atoms with Gasteiger partial charge in [-0.25, -0.2) is 4.98 Å². The van der Waals surface area contributed by atoms with Crippen LogP contribution in [0.15, 0.2) is 96.5 Å². The van der Waals surface area contributed by atoms with E-state index < -0.39 is 17.6 Å². The Hall–Kier alpha value is -5.60. The SMILES string of the molecule is Cn1c(C(=O)N2CCN(Cc3ccc(-c4csnn4)cc3)CC2)cc2ccc(Oc3ccc(NC(=O)c4ccc(C(F)(F)F)cc4)cn3)cc21. The highest BCUT2D eigenvalue weighted by molar-refractivity contribution is 7.03. The predicted molar refractivity (Wildman–Crippen MR) is 183 cm³/mol. The molecule has 254 valence electrons. The van der Waals surface area contributed by atoms with Crippen molar-refractivity contribution in [3.8, 4) is 22.9 Å². The Kier molecular flexibility index (Phi) is 9.04. The van der Waals surface area contributed by atoms with E-state index in [1.807, 2.05) is 40.1 Å². The summed E-state index contributed by atoms with van der Waals surface area (Å²) in [7, 11) is 1.85. The molecule has 0 bridgehead atoms. The lowest BCUT2D eigenvalue weighted by Crippen LogP contribution is -2.48. The van der Waals surface area contributed by atoms with Crippen LogP contribution >= 0.6 is 11.5 Å². The Morgan fingerprint density at radius 3 is 2.34 bits per heavy atom. The van der Waals surface area contributed by atoms with Crippen LogP contribution in [0, 0.1) is 0 Å². The zero-order valence-electron chi connectivity index (χ0n) is 26.7. The van der Waals surface area contributed by atoms with Gasteiger partial charge in [-0.3, -0.25) is 14.5 Å². The van der Waals surface area contributed by atoms with E-state index in [4.69, 9.17) is 4.74 Å². The summed E-state index contributed by atoms with van der Waals surface area (Å²) in [5.41, 5.74) is 4.14. The van der Waals surface area contributed by atoms with Gasteiger partial charge in [0.1, 0.15) is 17.1 Å². The number of hydrogen-bond donors (Lipinski definition) is 1. The standard InChI is InChI=1S/C36H30F3N7O3S/c1-44-31-19-29(49-33-13-11-28(20-40-33)41-34(47)25-6-9-27(10-7-25)36(37,38)39)12-8-26(31)18-32(44)35(48)46-16-14-45(15-17-46)21-23-2-4-24(5-3-23)30-22-50-43-42-30/h2-13,18-20,22H,14-17,21H2,1H3,(H,41,47). The van der Waals surface area contributed by atoms with Gasteiger partial charge in [0, 0.05) is 73.8 Å². The van der Waals surface area contributed by atoms with Gasteiger partial charge < -0.3 is 19.5 Å². The number of alkyl halides is 3. The molecular formula is C36H30F3N7O3S. The molecule has 0 unspecified atom stereocenters. The summed E-state index contributed by atoms with van der Waals surface area (Å²) in [6.07, 6.45) is -3.08. The molecule has 14 heteroatoms. The van der Waals surface area contributed by atoms with E-state index in [2.05, 4.69) is 49.1 Å². The van der Waals surface area contributed by atoms with E-state index in [9.17, 15) is 22.8 Å². The molecule has 3 aromatic heterocycles. The summed E-state index contributed by atoms with van der Waals surface area (Å²) in [6.45, 7) is 3.61. The molecule has 1 saturated heterocycles. The number of fused-ring (bicyclic) bond motifs is 1. The average Bonchev–Trinajstić information content (AvgIpc) is 3.78. The van der Waals surface area contributed by atoms with Gasteiger partial charge >= 0.3 is 6.18 Å². The van der Waals surface area contributed by atoms with Crippen molar-refractivity contribution in [3.63, 3.8) is 0 Å². The zero-order chi connectivity index (χ0) is 34.8. The molecule has 10 nitrogen and oxygen atoms in total. The maximum atomic E-state index is 13.6. The number of nitrogens with one attached hydrogen (secondary N) is 1. The molecule has 4 heterocycles. The number of anilines is 1. The third kappa shape index (κ3) is 7.21. The number of amides is 2. The van der Waals surface area contributed by atoms with Crippen LogP contribution in [-0.2, 0) is 19.8 Å². The number of aryl methyl sites for hydroxylation is 1. The number of rotatable bonds is 8. The molecule has 7 rings (SSSR count). The van der Waals surface area contributed by atoms with Crippen LogP contribution in [-0.4, -0.2) is 66.9 Å². The minimum Gasteiger partial charge on any atom is -0.439 e. The highest BCUT2D eigenvalue weighted by atomic mass is 32.1. The summed E-state index contributed by atoms with van der Waals surface area (Å²) in [5, 5.41) is 9.57. The molecule has 6 aromatic rings.